The summed E-state index contributed by atoms with van der Waals surface area (Å²) < 4.78 is 20.7. The zero-order valence-corrected chi connectivity index (χ0v) is 7.54. The second-order valence-electron chi connectivity index (χ2n) is 3.29. The van der Waals surface area contributed by atoms with Gasteiger partial charge in [0.1, 0.15) is 0 Å². The summed E-state index contributed by atoms with van der Waals surface area (Å²) in [4.78, 5) is 13.2. The summed E-state index contributed by atoms with van der Waals surface area (Å²) in [7, 11) is -3.35. The van der Waals surface area contributed by atoms with Gasteiger partial charge < -0.3 is 14.4 Å². The van der Waals surface area contributed by atoms with E-state index in [-0.39, 0.29) is 5.54 Å². The summed E-state index contributed by atoms with van der Waals surface area (Å²) in [6, 6.07) is 0. The minimum absolute atomic E-state index is 0.0579. The van der Waals surface area contributed by atoms with E-state index in [0.29, 0.717) is 0 Å². The Morgan fingerprint density at radius 3 is 2.00 bits per heavy atom. The Balaban J connectivity index is 2.64. The van der Waals surface area contributed by atoms with Gasteiger partial charge in [-0.2, -0.15) is 0 Å². The van der Waals surface area contributed by atoms with E-state index in [9.17, 15) is 0 Å². The van der Waals surface area contributed by atoms with Crippen molar-refractivity contribution in [1.82, 2.24) is 0 Å². The molecule has 0 unspecified atom stereocenters. The molecule has 1 aliphatic carbocycles. The molecule has 0 aromatic carbocycles. The van der Waals surface area contributed by atoms with Gasteiger partial charge in [0.15, 0.2) is 4.29 Å². The summed E-state index contributed by atoms with van der Waals surface area (Å²) in [6.07, 6.45) is 6.07. The van der Waals surface area contributed by atoms with Crippen LogP contribution in [0, 0.1) is 0 Å². The van der Waals surface area contributed by atoms with E-state index in [4.69, 9.17) is 4.29 Å². The molecule has 1 rings (SSSR count). The van der Waals surface area contributed by atoms with Gasteiger partial charge in [-0.3, -0.25) is 0 Å². The molecule has 4 heteroatoms. The average Bonchev–Trinajstić information content (AvgIpc) is 2.51. The van der Waals surface area contributed by atoms with Crippen molar-refractivity contribution in [1.29, 1.82) is 4.29 Å². The first-order valence-corrected chi connectivity index (χ1v) is 6.02. The van der Waals surface area contributed by atoms with Gasteiger partial charge in [-0.25, -0.2) is 0 Å². The van der Waals surface area contributed by atoms with Crippen molar-refractivity contribution in [3.8, 4) is 0 Å². The summed E-state index contributed by atoms with van der Waals surface area (Å²) in [5, 5.41) is 0. The van der Waals surface area contributed by atoms with Crippen LogP contribution in [-0.2, 0) is 0 Å². The minimum atomic E-state index is -3.35. The lowest BCUT2D eigenvalue weighted by molar-refractivity contribution is 0.204. The van der Waals surface area contributed by atoms with E-state index in [2.05, 4.69) is 14.4 Å². The third-order valence-electron chi connectivity index (χ3n) is 2.36. The molecule has 11 heavy (non-hydrogen) atoms. The van der Waals surface area contributed by atoms with E-state index >= 15 is 0 Å². The summed E-state index contributed by atoms with van der Waals surface area (Å²) >= 11 is 0. The molecule has 1 aliphatic rings. The maximum atomic E-state index is 6.89. The van der Waals surface area contributed by atoms with Gasteiger partial charge in [-0.1, -0.05) is 25.7 Å². The molecule has 66 valence electrons. The van der Waals surface area contributed by atoms with E-state index in [1.807, 2.05) is 0 Å². The molecule has 3 N–H and O–H groups in total. The molecule has 1 fully saturated rings. The van der Waals surface area contributed by atoms with Crippen molar-refractivity contribution in [3.63, 3.8) is 0 Å². The molecule has 0 aliphatic heterocycles. The molecule has 0 radical (unpaired) electrons. The molecule has 0 atom stereocenters. The lowest BCUT2D eigenvalue weighted by atomic mass is 10.2. The molecule has 0 aromatic heterocycles. The fourth-order valence-electron chi connectivity index (χ4n) is 1.63. The number of hydrogen-bond donors (Lipinski definition) is 3. The van der Waals surface area contributed by atoms with Crippen LogP contribution in [0.3, 0.4) is 0 Å². The Kier molecular flexibility index (Phi) is 1.90. The molecule has 0 amide bonds. The van der Waals surface area contributed by atoms with Crippen molar-refractivity contribution in [2.24, 2.45) is 0 Å². The zero-order valence-electron chi connectivity index (χ0n) is 9.54. The van der Waals surface area contributed by atoms with Crippen molar-refractivity contribution >= 4 is 8.80 Å². The Labute approximate surface area is 72.5 Å². The van der Waals surface area contributed by atoms with Crippen LogP contribution in [0.4, 0.5) is 0 Å². The molecule has 3 nitrogen and oxygen atoms in total. The Morgan fingerprint density at radius 2 is 1.55 bits per heavy atom. The van der Waals surface area contributed by atoms with Crippen LogP contribution in [0.1, 0.15) is 38.5 Å². The van der Waals surface area contributed by atoms with Crippen LogP contribution < -0.4 is 0 Å². The van der Waals surface area contributed by atoms with Gasteiger partial charge in [0, 0.05) is 5.54 Å². The topological polar surface area (TPSA) is 60.7 Å². The molecule has 0 bridgehead atoms. The molecule has 0 spiro atoms. The highest BCUT2D eigenvalue weighted by atomic mass is 28.4. The first kappa shape index (κ1) is 5.69. The Morgan fingerprint density at radius 1 is 1.00 bits per heavy atom. The standard InChI is InChI=1S/C7H16O3Si/c8-11(9,10)7-5-3-1-2-4-6-7/h7-10H,1-6H2/i8T,9T,10T. The second-order valence-corrected chi connectivity index (χ2v) is 5.32. The first-order chi connectivity index (χ1) is 6.79. The first-order valence-electron chi connectivity index (χ1n) is 5.44. The van der Waals surface area contributed by atoms with Gasteiger partial charge in [-0.05, 0) is 12.8 Å². The van der Waals surface area contributed by atoms with E-state index < -0.39 is 8.80 Å². The van der Waals surface area contributed by atoms with Crippen LogP contribution in [0.2, 0.25) is 5.54 Å². The van der Waals surface area contributed by atoms with E-state index in [0.717, 1.165) is 38.5 Å². The number of rotatable bonds is 4. The SMILES string of the molecule is [3H]O[Si](O[3H])(O[3H])C1CCCCCC1. The van der Waals surface area contributed by atoms with Gasteiger partial charge >= 0.3 is 8.80 Å². The second kappa shape index (κ2) is 3.67. The summed E-state index contributed by atoms with van der Waals surface area (Å²) in [6.45, 7) is 0. The molecule has 0 heterocycles. The van der Waals surface area contributed by atoms with Crippen molar-refractivity contribution in [2.75, 3.05) is 0 Å². The van der Waals surface area contributed by atoms with Crippen LogP contribution in [-0.4, -0.2) is 27.5 Å². The largest absolute Gasteiger partial charge is 0.496 e. The Bertz CT molecular complexity index is 152. The highest BCUT2D eigenvalue weighted by Crippen LogP contribution is 2.31. The lowest BCUT2D eigenvalue weighted by Gasteiger charge is -2.19. The predicted molar refractivity (Wildman–Crippen MR) is 43.9 cm³/mol. The number of hydrogen-bond acceptors (Lipinski definition) is 3. The highest BCUT2D eigenvalue weighted by Gasteiger charge is 2.38. The van der Waals surface area contributed by atoms with E-state index in [1.165, 1.54) is 0 Å². The molecular weight excluding hydrogens is 160 g/mol. The average molecular weight is 182 g/mol. The van der Waals surface area contributed by atoms with Gasteiger partial charge in [0.25, 0.3) is 0 Å². The monoisotopic (exact) mass is 182 g/mol. The summed E-state index contributed by atoms with van der Waals surface area (Å²) in [5.74, 6) is 0. The Hall–Kier alpha value is 0.0969. The fraction of sp³-hybridized carbons (Fsp3) is 1.00. The maximum Gasteiger partial charge on any atom is 0.496 e. The van der Waals surface area contributed by atoms with Gasteiger partial charge in [0.2, 0.25) is 0 Å². The van der Waals surface area contributed by atoms with Crippen molar-refractivity contribution < 1.29 is 14.4 Å². The predicted octanol–water partition coefficient (Wildman–Crippen LogP) is 0.627. The fourth-order valence-corrected chi connectivity index (χ4v) is 2.75. The van der Waals surface area contributed by atoms with Crippen molar-refractivity contribution in [2.45, 2.75) is 44.1 Å². The lowest BCUT2D eigenvalue weighted by Crippen LogP contribution is -2.40. The minimum Gasteiger partial charge on any atom is -0.390 e. The van der Waals surface area contributed by atoms with Crippen LogP contribution in [0.15, 0.2) is 0 Å². The zero-order chi connectivity index (χ0) is 10.4. The summed E-state index contributed by atoms with van der Waals surface area (Å²) in [5.41, 5.74) is -0.0579. The normalized spacial score (nSPS) is 26.7. The maximum absolute atomic E-state index is 6.89. The van der Waals surface area contributed by atoms with Gasteiger partial charge in [-0.15, -0.1) is 0 Å². The smallest absolute Gasteiger partial charge is 0.390 e. The van der Waals surface area contributed by atoms with E-state index in [1.54, 1.807) is 0 Å². The van der Waals surface area contributed by atoms with Crippen LogP contribution in [0.5, 0.6) is 0 Å². The third kappa shape index (κ3) is 2.90. The van der Waals surface area contributed by atoms with Crippen molar-refractivity contribution in [3.05, 3.63) is 0 Å². The molecule has 0 saturated heterocycles. The molecular formula is C7H16O3Si. The highest BCUT2D eigenvalue weighted by molar-refractivity contribution is 6.57. The quantitative estimate of drug-likeness (QED) is 0.441. The molecule has 1 saturated carbocycles. The van der Waals surface area contributed by atoms with Crippen LogP contribution in [0.25, 0.3) is 0 Å². The third-order valence-corrected chi connectivity index (χ3v) is 3.93. The van der Waals surface area contributed by atoms with Crippen LogP contribution >= 0.6 is 0 Å². The van der Waals surface area contributed by atoms with Gasteiger partial charge in [0.05, 0.1) is 0 Å². The molecule has 0 aromatic rings.